The van der Waals surface area contributed by atoms with Crippen molar-refractivity contribution in [1.82, 2.24) is 24.8 Å². The first-order chi connectivity index (χ1) is 20.6. The zero-order chi connectivity index (χ0) is 30.6. The first kappa shape index (κ1) is 29.7. The number of alkyl halides is 3. The fourth-order valence-corrected chi connectivity index (χ4v) is 4.92. The van der Waals surface area contributed by atoms with Crippen LogP contribution in [-0.2, 0) is 6.18 Å². The Balaban J connectivity index is 1.46. The molecule has 0 aliphatic carbocycles. The van der Waals surface area contributed by atoms with Crippen molar-refractivity contribution in [1.29, 1.82) is 0 Å². The van der Waals surface area contributed by atoms with Gasteiger partial charge in [-0.25, -0.2) is 15.0 Å². The van der Waals surface area contributed by atoms with Gasteiger partial charge in [0.25, 0.3) is 5.91 Å². The number of anilines is 3. The van der Waals surface area contributed by atoms with E-state index in [1.807, 2.05) is 19.0 Å². The monoisotopic (exact) mass is 592 g/mol. The third-order valence-electron chi connectivity index (χ3n) is 7.33. The molecule has 1 saturated heterocycles. The van der Waals surface area contributed by atoms with Crippen LogP contribution in [0, 0.1) is 0 Å². The van der Waals surface area contributed by atoms with Gasteiger partial charge >= 0.3 is 6.18 Å². The summed E-state index contributed by atoms with van der Waals surface area (Å²) >= 11 is 0. The van der Waals surface area contributed by atoms with Gasteiger partial charge in [-0.15, -0.1) is 0 Å². The second-order valence-corrected chi connectivity index (χ2v) is 10.2. The molecular formula is C30H31F3N8O2. The molecule has 0 saturated carbocycles. The Kier molecular flexibility index (Phi) is 8.71. The maximum Gasteiger partial charge on any atom is 0.416 e. The van der Waals surface area contributed by atoms with Gasteiger partial charge in [0.05, 0.1) is 28.1 Å². The number of carbonyl (C=O) groups excluding carboxylic acids is 1. The van der Waals surface area contributed by atoms with Crippen LogP contribution in [0.3, 0.4) is 0 Å². The number of nitrogens with zero attached hydrogens (tertiary/aromatic N) is 6. The van der Waals surface area contributed by atoms with Crippen molar-refractivity contribution >= 4 is 23.2 Å². The quantitative estimate of drug-likeness (QED) is 0.272. The first-order valence-electron chi connectivity index (χ1n) is 13.7. The molecule has 5 rings (SSSR count). The fraction of sp³-hybridized carbons (Fsp3) is 0.300. The Bertz CT molecular complexity index is 1590. The van der Waals surface area contributed by atoms with Crippen molar-refractivity contribution in [3.63, 3.8) is 0 Å². The summed E-state index contributed by atoms with van der Waals surface area (Å²) in [5.41, 5.74) is 0.257. The van der Waals surface area contributed by atoms with Crippen LogP contribution in [0.25, 0.3) is 11.4 Å². The van der Waals surface area contributed by atoms with Gasteiger partial charge in [0.2, 0.25) is 11.8 Å². The number of piperidine rings is 1. The average Bonchev–Trinajstić information content (AvgIpc) is 3.01. The van der Waals surface area contributed by atoms with E-state index in [0.717, 1.165) is 38.1 Å². The Morgan fingerprint density at radius 2 is 1.81 bits per heavy atom. The summed E-state index contributed by atoms with van der Waals surface area (Å²) in [5.74, 6) is 0.303. The van der Waals surface area contributed by atoms with Crippen molar-refractivity contribution < 1.29 is 22.7 Å². The van der Waals surface area contributed by atoms with Gasteiger partial charge in [0.1, 0.15) is 12.1 Å². The van der Waals surface area contributed by atoms with Crippen LogP contribution in [0.1, 0.15) is 28.8 Å². The normalized spacial score (nSPS) is 14.3. The molecule has 0 bridgehead atoms. The molecule has 4 aromatic rings. The van der Waals surface area contributed by atoms with Crippen molar-refractivity contribution in [2.75, 3.05) is 49.8 Å². The SMILES string of the molecule is CNc1ncnc(-c2cccnc2Oc2ccccc2C(=O)Nc2cc(C(F)(F)F)ccc2N(C)C2CCN(C)CC2)n1. The van der Waals surface area contributed by atoms with Crippen LogP contribution in [0.2, 0.25) is 0 Å². The number of pyridine rings is 1. The Labute approximate surface area is 247 Å². The molecule has 0 radical (unpaired) electrons. The predicted octanol–water partition coefficient (Wildman–Crippen LogP) is 5.57. The average molecular weight is 593 g/mol. The van der Waals surface area contributed by atoms with Crippen molar-refractivity contribution in [3.05, 3.63) is 78.2 Å². The molecule has 1 aliphatic rings. The number of nitrogens with one attached hydrogen (secondary N) is 2. The van der Waals surface area contributed by atoms with E-state index >= 15 is 0 Å². The number of carbonyl (C=O) groups is 1. The molecule has 0 unspecified atom stereocenters. The lowest BCUT2D eigenvalue weighted by Crippen LogP contribution is -2.42. The molecule has 10 nitrogen and oxygen atoms in total. The lowest BCUT2D eigenvalue weighted by molar-refractivity contribution is -0.137. The number of ether oxygens (including phenoxy) is 1. The third-order valence-corrected chi connectivity index (χ3v) is 7.33. The van der Waals surface area contributed by atoms with Gasteiger partial charge in [0, 0.05) is 26.3 Å². The van der Waals surface area contributed by atoms with Gasteiger partial charge in [-0.05, 0) is 75.4 Å². The van der Waals surface area contributed by atoms with Crippen LogP contribution in [0.5, 0.6) is 11.6 Å². The molecule has 1 fully saturated rings. The summed E-state index contributed by atoms with van der Waals surface area (Å²) in [4.78, 5) is 34.7. The van der Waals surface area contributed by atoms with E-state index in [4.69, 9.17) is 4.74 Å². The van der Waals surface area contributed by atoms with E-state index in [2.05, 4.69) is 35.5 Å². The topological polar surface area (TPSA) is 108 Å². The Morgan fingerprint density at radius 1 is 1.05 bits per heavy atom. The smallest absolute Gasteiger partial charge is 0.416 e. The summed E-state index contributed by atoms with van der Waals surface area (Å²) < 4.78 is 47.2. The van der Waals surface area contributed by atoms with Crippen LogP contribution in [0.15, 0.2) is 67.1 Å². The van der Waals surface area contributed by atoms with Gasteiger partial charge in [-0.1, -0.05) is 12.1 Å². The predicted molar refractivity (Wildman–Crippen MR) is 157 cm³/mol. The zero-order valence-corrected chi connectivity index (χ0v) is 23.9. The number of hydrogen-bond donors (Lipinski definition) is 2. The largest absolute Gasteiger partial charge is 0.437 e. The molecule has 3 heterocycles. The lowest BCUT2D eigenvalue weighted by Gasteiger charge is -2.37. The number of aromatic nitrogens is 4. The zero-order valence-electron chi connectivity index (χ0n) is 23.9. The maximum absolute atomic E-state index is 13.7. The van der Waals surface area contributed by atoms with Crippen molar-refractivity contribution in [3.8, 4) is 23.0 Å². The molecule has 0 spiro atoms. The summed E-state index contributed by atoms with van der Waals surface area (Å²) in [7, 11) is 5.56. The number of halogens is 3. The van der Waals surface area contributed by atoms with E-state index in [9.17, 15) is 18.0 Å². The summed E-state index contributed by atoms with van der Waals surface area (Å²) in [6.07, 6.45) is -0.0112. The van der Waals surface area contributed by atoms with E-state index < -0.39 is 17.6 Å². The third kappa shape index (κ3) is 6.83. The molecule has 43 heavy (non-hydrogen) atoms. The second kappa shape index (κ2) is 12.6. The minimum absolute atomic E-state index is 0.0550. The molecule has 1 aliphatic heterocycles. The van der Waals surface area contributed by atoms with Gasteiger partial charge in [-0.2, -0.15) is 18.2 Å². The highest BCUT2D eigenvalue weighted by Gasteiger charge is 2.32. The number of para-hydroxylation sites is 1. The highest BCUT2D eigenvalue weighted by Crippen LogP contribution is 2.38. The first-order valence-corrected chi connectivity index (χ1v) is 13.7. The summed E-state index contributed by atoms with van der Waals surface area (Å²) in [5, 5.41) is 5.57. The van der Waals surface area contributed by atoms with E-state index in [1.165, 1.54) is 24.7 Å². The highest BCUT2D eigenvalue weighted by molar-refractivity contribution is 6.07. The maximum atomic E-state index is 13.7. The number of likely N-dealkylation sites (tertiary alicyclic amines) is 1. The number of amides is 1. The Morgan fingerprint density at radius 3 is 2.56 bits per heavy atom. The van der Waals surface area contributed by atoms with Crippen LogP contribution in [0.4, 0.5) is 30.5 Å². The minimum atomic E-state index is -4.58. The molecule has 224 valence electrons. The van der Waals surface area contributed by atoms with Gasteiger partial charge in [-0.3, -0.25) is 4.79 Å². The number of rotatable bonds is 8. The summed E-state index contributed by atoms with van der Waals surface area (Å²) in [6, 6.07) is 13.4. The number of hydrogen-bond acceptors (Lipinski definition) is 9. The van der Waals surface area contributed by atoms with Gasteiger partial charge < -0.3 is 25.2 Å². The molecule has 2 aromatic heterocycles. The van der Waals surface area contributed by atoms with E-state index in [1.54, 1.807) is 37.4 Å². The van der Waals surface area contributed by atoms with Crippen molar-refractivity contribution in [2.45, 2.75) is 25.1 Å². The lowest BCUT2D eigenvalue weighted by atomic mass is 10.0. The molecule has 2 N–H and O–H groups in total. The highest BCUT2D eigenvalue weighted by atomic mass is 19.4. The molecule has 2 aromatic carbocycles. The van der Waals surface area contributed by atoms with Crippen LogP contribution >= 0.6 is 0 Å². The van der Waals surface area contributed by atoms with Crippen LogP contribution in [-0.4, -0.2) is 71.0 Å². The number of benzene rings is 2. The second-order valence-electron chi connectivity index (χ2n) is 10.2. The van der Waals surface area contributed by atoms with Crippen LogP contribution < -0.4 is 20.3 Å². The molecular weight excluding hydrogens is 561 g/mol. The van der Waals surface area contributed by atoms with Crippen molar-refractivity contribution in [2.24, 2.45) is 0 Å². The summed E-state index contributed by atoms with van der Waals surface area (Å²) in [6.45, 7) is 1.75. The fourth-order valence-electron chi connectivity index (χ4n) is 4.92. The molecule has 1 amide bonds. The van der Waals surface area contributed by atoms with E-state index in [-0.39, 0.29) is 28.9 Å². The minimum Gasteiger partial charge on any atom is -0.437 e. The standard InChI is InChI=1S/C30H31F3N8O2/c1-34-29-37-18-36-26(39-29)22-8-6-14-35-28(22)43-25-9-5-4-7-21(25)27(42)38-23-17-19(30(31,32)33)10-11-24(23)41(3)20-12-15-40(2)16-13-20/h4-11,14,17-18,20H,12-13,15-16H2,1-3H3,(H,38,42)(H,34,36,37,39). The van der Waals surface area contributed by atoms with Gasteiger partial charge in [0.15, 0.2) is 5.82 Å². The van der Waals surface area contributed by atoms with E-state index in [0.29, 0.717) is 23.0 Å². The molecule has 0 atom stereocenters. The Hall–Kier alpha value is -4.78. The molecule has 13 heteroatoms.